The van der Waals surface area contributed by atoms with Crippen molar-refractivity contribution in [3.05, 3.63) is 28.3 Å². The number of methoxy groups -OCH3 is 1. The molecule has 0 bridgehead atoms. The fourth-order valence-corrected chi connectivity index (χ4v) is 2.42. The van der Waals surface area contributed by atoms with Gasteiger partial charge in [-0.3, -0.25) is 4.79 Å². The van der Waals surface area contributed by atoms with Gasteiger partial charge in [0.2, 0.25) is 0 Å². The Morgan fingerprint density at radius 1 is 1.26 bits per heavy atom. The lowest BCUT2D eigenvalue weighted by Crippen LogP contribution is -2.28. The van der Waals surface area contributed by atoms with Crippen LogP contribution in [-0.2, 0) is 0 Å². The van der Waals surface area contributed by atoms with Gasteiger partial charge in [-0.15, -0.1) is 0 Å². The molecule has 1 aromatic rings. The van der Waals surface area contributed by atoms with E-state index in [0.717, 1.165) is 28.0 Å². The van der Waals surface area contributed by atoms with Crippen LogP contribution in [0.25, 0.3) is 0 Å². The first-order valence-electron chi connectivity index (χ1n) is 6.66. The molecule has 106 valence electrons. The minimum absolute atomic E-state index is 0.165. The molecule has 1 aromatic carbocycles. The lowest BCUT2D eigenvalue weighted by molar-refractivity contribution is 0.0828. The highest BCUT2D eigenvalue weighted by molar-refractivity contribution is 6.03. The van der Waals surface area contributed by atoms with E-state index in [9.17, 15) is 4.79 Å². The summed E-state index contributed by atoms with van der Waals surface area (Å²) in [7, 11) is 1.65. The molecule has 3 nitrogen and oxygen atoms in total. The van der Waals surface area contributed by atoms with Crippen LogP contribution in [0.4, 0.5) is 0 Å². The molecule has 19 heavy (non-hydrogen) atoms. The Kier molecular flexibility index (Phi) is 4.75. The van der Waals surface area contributed by atoms with Gasteiger partial charge in [-0.1, -0.05) is 13.8 Å². The maximum absolute atomic E-state index is 12.8. The number of carbonyl (C=O) groups excluding carboxylic acids is 1. The summed E-state index contributed by atoms with van der Waals surface area (Å²) in [4.78, 5) is 12.8. The second-order valence-corrected chi connectivity index (χ2v) is 5.77. The van der Waals surface area contributed by atoms with Crippen molar-refractivity contribution < 1.29 is 9.53 Å². The molecule has 0 saturated heterocycles. The van der Waals surface area contributed by atoms with Crippen LogP contribution in [0.2, 0.25) is 0 Å². The molecule has 0 aliphatic heterocycles. The van der Waals surface area contributed by atoms with Gasteiger partial charge in [-0.05, 0) is 56.5 Å². The lowest BCUT2D eigenvalue weighted by atomic mass is 9.78. The van der Waals surface area contributed by atoms with Crippen LogP contribution in [0, 0.1) is 26.2 Å². The van der Waals surface area contributed by atoms with E-state index in [4.69, 9.17) is 10.5 Å². The van der Waals surface area contributed by atoms with E-state index in [1.54, 1.807) is 7.11 Å². The van der Waals surface area contributed by atoms with Gasteiger partial charge in [-0.25, -0.2) is 0 Å². The standard InChI is InChI=1S/C16H25NO2/c1-10-9-13(19-6)11(2)12(3)14(10)15(18)16(4,5)7-8-17/h9H,7-8,17H2,1-6H3. The van der Waals surface area contributed by atoms with E-state index in [-0.39, 0.29) is 5.78 Å². The summed E-state index contributed by atoms with van der Waals surface area (Å²) in [6.45, 7) is 10.4. The Morgan fingerprint density at radius 3 is 2.32 bits per heavy atom. The van der Waals surface area contributed by atoms with E-state index >= 15 is 0 Å². The monoisotopic (exact) mass is 263 g/mol. The van der Waals surface area contributed by atoms with Crippen LogP contribution in [0.1, 0.15) is 47.3 Å². The summed E-state index contributed by atoms with van der Waals surface area (Å²) in [5.74, 6) is 1.00. The zero-order chi connectivity index (χ0) is 14.8. The SMILES string of the molecule is COc1cc(C)c(C(=O)C(C)(C)CCN)c(C)c1C. The summed E-state index contributed by atoms with van der Waals surface area (Å²) < 4.78 is 5.34. The Labute approximate surface area is 116 Å². The highest BCUT2D eigenvalue weighted by atomic mass is 16.5. The molecule has 0 unspecified atom stereocenters. The summed E-state index contributed by atoms with van der Waals surface area (Å²) in [6.07, 6.45) is 0.690. The molecular weight excluding hydrogens is 238 g/mol. The van der Waals surface area contributed by atoms with Gasteiger partial charge < -0.3 is 10.5 Å². The Balaban J connectivity index is 3.36. The van der Waals surface area contributed by atoms with Crippen LogP contribution >= 0.6 is 0 Å². The number of aryl methyl sites for hydroxylation is 1. The van der Waals surface area contributed by atoms with Crippen LogP contribution in [-0.4, -0.2) is 19.4 Å². The maximum atomic E-state index is 12.8. The summed E-state index contributed by atoms with van der Waals surface area (Å²) in [5, 5.41) is 0. The molecular formula is C16H25NO2. The number of nitrogens with two attached hydrogens (primary N) is 1. The number of hydrogen-bond donors (Lipinski definition) is 1. The van der Waals surface area contributed by atoms with Gasteiger partial charge in [0.1, 0.15) is 5.75 Å². The van der Waals surface area contributed by atoms with Crippen molar-refractivity contribution in [3.8, 4) is 5.75 Å². The van der Waals surface area contributed by atoms with Crippen LogP contribution in [0.15, 0.2) is 6.07 Å². The average molecular weight is 263 g/mol. The van der Waals surface area contributed by atoms with E-state index in [1.807, 2.05) is 40.7 Å². The largest absolute Gasteiger partial charge is 0.496 e. The van der Waals surface area contributed by atoms with Gasteiger partial charge in [0, 0.05) is 11.0 Å². The molecule has 3 heteroatoms. The number of ketones is 1. The fraction of sp³-hybridized carbons (Fsp3) is 0.562. The van der Waals surface area contributed by atoms with E-state index < -0.39 is 5.41 Å². The zero-order valence-corrected chi connectivity index (χ0v) is 12.9. The molecule has 0 radical (unpaired) electrons. The van der Waals surface area contributed by atoms with Gasteiger partial charge in [-0.2, -0.15) is 0 Å². The quantitative estimate of drug-likeness (QED) is 0.830. The molecule has 2 N–H and O–H groups in total. The Bertz CT molecular complexity index is 490. The molecule has 0 saturated carbocycles. The maximum Gasteiger partial charge on any atom is 0.169 e. The topological polar surface area (TPSA) is 52.3 Å². The number of benzene rings is 1. The third kappa shape index (κ3) is 2.98. The first-order valence-corrected chi connectivity index (χ1v) is 6.66. The molecule has 0 amide bonds. The minimum atomic E-state index is -0.425. The number of ether oxygens (including phenoxy) is 1. The molecule has 0 spiro atoms. The van der Waals surface area contributed by atoms with Gasteiger partial charge in [0.05, 0.1) is 7.11 Å². The molecule has 0 aliphatic rings. The highest BCUT2D eigenvalue weighted by Crippen LogP contribution is 2.33. The normalized spacial score (nSPS) is 11.5. The molecule has 1 rings (SSSR count). The summed E-state index contributed by atoms with van der Waals surface area (Å²) >= 11 is 0. The lowest BCUT2D eigenvalue weighted by Gasteiger charge is -2.25. The van der Waals surface area contributed by atoms with Crippen molar-refractivity contribution >= 4 is 5.78 Å². The van der Waals surface area contributed by atoms with E-state index in [0.29, 0.717) is 13.0 Å². The van der Waals surface area contributed by atoms with Crippen molar-refractivity contribution in [3.63, 3.8) is 0 Å². The summed E-state index contributed by atoms with van der Waals surface area (Å²) in [6, 6.07) is 1.94. The van der Waals surface area contributed by atoms with E-state index in [1.165, 1.54) is 0 Å². The Hall–Kier alpha value is -1.35. The zero-order valence-electron chi connectivity index (χ0n) is 12.9. The Morgan fingerprint density at radius 2 is 1.84 bits per heavy atom. The van der Waals surface area contributed by atoms with Crippen LogP contribution < -0.4 is 10.5 Å². The fourth-order valence-electron chi connectivity index (χ4n) is 2.42. The van der Waals surface area contributed by atoms with Gasteiger partial charge in [0.15, 0.2) is 5.78 Å². The molecule has 0 atom stereocenters. The predicted octanol–water partition coefficient (Wildman–Crippen LogP) is 3.18. The highest BCUT2D eigenvalue weighted by Gasteiger charge is 2.30. The predicted molar refractivity (Wildman–Crippen MR) is 79.0 cm³/mol. The minimum Gasteiger partial charge on any atom is -0.496 e. The van der Waals surface area contributed by atoms with Crippen molar-refractivity contribution in [2.24, 2.45) is 11.1 Å². The van der Waals surface area contributed by atoms with Crippen molar-refractivity contribution in [2.75, 3.05) is 13.7 Å². The third-order valence-corrected chi connectivity index (χ3v) is 3.88. The van der Waals surface area contributed by atoms with E-state index in [2.05, 4.69) is 0 Å². The van der Waals surface area contributed by atoms with Crippen LogP contribution in [0.3, 0.4) is 0 Å². The number of carbonyl (C=O) groups is 1. The third-order valence-electron chi connectivity index (χ3n) is 3.88. The van der Waals surface area contributed by atoms with Crippen LogP contribution in [0.5, 0.6) is 5.75 Å². The first-order chi connectivity index (χ1) is 8.76. The number of Topliss-reactive ketones (excluding diaryl/α,β-unsaturated/α-hetero) is 1. The van der Waals surface area contributed by atoms with Crippen molar-refractivity contribution in [1.82, 2.24) is 0 Å². The second-order valence-electron chi connectivity index (χ2n) is 5.77. The summed E-state index contributed by atoms with van der Waals surface area (Å²) in [5.41, 5.74) is 9.00. The first kappa shape index (κ1) is 15.7. The molecule has 0 aliphatic carbocycles. The molecule has 0 heterocycles. The second kappa shape index (κ2) is 5.74. The number of hydrogen-bond acceptors (Lipinski definition) is 3. The van der Waals surface area contributed by atoms with Crippen molar-refractivity contribution in [2.45, 2.75) is 41.0 Å². The van der Waals surface area contributed by atoms with Crippen molar-refractivity contribution in [1.29, 1.82) is 0 Å². The smallest absolute Gasteiger partial charge is 0.169 e. The van der Waals surface area contributed by atoms with Gasteiger partial charge >= 0.3 is 0 Å². The molecule has 0 aromatic heterocycles. The number of rotatable bonds is 5. The average Bonchev–Trinajstić information content (AvgIpc) is 2.33. The molecule has 0 fully saturated rings. The van der Waals surface area contributed by atoms with Gasteiger partial charge in [0.25, 0.3) is 0 Å².